The first-order valence-electron chi connectivity index (χ1n) is 5.20. The first kappa shape index (κ1) is 11.9. The highest BCUT2D eigenvalue weighted by Gasteiger charge is 2.09. The fourth-order valence-corrected chi connectivity index (χ4v) is 1.68. The van der Waals surface area contributed by atoms with E-state index in [1.165, 1.54) is 11.1 Å². The highest BCUT2D eigenvalue weighted by molar-refractivity contribution is 5.47. The third kappa shape index (κ3) is 2.63. The van der Waals surface area contributed by atoms with Crippen LogP contribution in [0.25, 0.3) is 0 Å². The third-order valence-corrected chi connectivity index (χ3v) is 2.50. The molecular formula is C12H19NO2. The van der Waals surface area contributed by atoms with Gasteiger partial charge in [0, 0.05) is 0 Å². The van der Waals surface area contributed by atoms with Crippen LogP contribution < -0.4 is 15.2 Å². The predicted molar refractivity (Wildman–Crippen MR) is 61.7 cm³/mol. The van der Waals surface area contributed by atoms with Crippen LogP contribution in [-0.4, -0.2) is 20.8 Å². The summed E-state index contributed by atoms with van der Waals surface area (Å²) in [5, 5.41) is 0. The monoisotopic (exact) mass is 209 g/mol. The SMILES string of the molecule is CCc1cc(OC)c(OC)cc1CCN. The van der Waals surface area contributed by atoms with E-state index in [1.807, 2.05) is 12.1 Å². The van der Waals surface area contributed by atoms with Crippen molar-refractivity contribution in [1.82, 2.24) is 0 Å². The Morgan fingerprint density at radius 1 is 1.07 bits per heavy atom. The molecule has 0 radical (unpaired) electrons. The van der Waals surface area contributed by atoms with Gasteiger partial charge in [-0.05, 0) is 42.6 Å². The number of methoxy groups -OCH3 is 2. The summed E-state index contributed by atoms with van der Waals surface area (Å²) >= 11 is 0. The first-order valence-corrected chi connectivity index (χ1v) is 5.20. The van der Waals surface area contributed by atoms with Gasteiger partial charge >= 0.3 is 0 Å². The average molecular weight is 209 g/mol. The van der Waals surface area contributed by atoms with Crippen molar-refractivity contribution in [2.45, 2.75) is 19.8 Å². The van der Waals surface area contributed by atoms with Gasteiger partial charge in [0.05, 0.1) is 14.2 Å². The predicted octanol–water partition coefficient (Wildman–Crippen LogP) is 1.77. The van der Waals surface area contributed by atoms with Crippen molar-refractivity contribution in [3.05, 3.63) is 23.3 Å². The molecule has 0 aliphatic heterocycles. The van der Waals surface area contributed by atoms with Crippen LogP contribution in [0.4, 0.5) is 0 Å². The lowest BCUT2D eigenvalue weighted by atomic mass is 10.0. The number of hydrogen-bond acceptors (Lipinski definition) is 3. The maximum absolute atomic E-state index is 5.57. The van der Waals surface area contributed by atoms with Gasteiger partial charge in [0.15, 0.2) is 11.5 Å². The van der Waals surface area contributed by atoms with Crippen molar-refractivity contribution in [1.29, 1.82) is 0 Å². The summed E-state index contributed by atoms with van der Waals surface area (Å²) in [4.78, 5) is 0. The Morgan fingerprint density at radius 2 is 1.60 bits per heavy atom. The second kappa shape index (κ2) is 5.61. The summed E-state index contributed by atoms with van der Waals surface area (Å²) in [5.41, 5.74) is 8.10. The van der Waals surface area contributed by atoms with Crippen molar-refractivity contribution >= 4 is 0 Å². The number of benzene rings is 1. The van der Waals surface area contributed by atoms with Crippen molar-refractivity contribution in [3.8, 4) is 11.5 Å². The number of aryl methyl sites for hydroxylation is 1. The number of ether oxygens (including phenoxy) is 2. The maximum atomic E-state index is 5.57. The van der Waals surface area contributed by atoms with Crippen LogP contribution in [0.1, 0.15) is 18.1 Å². The summed E-state index contributed by atoms with van der Waals surface area (Å²) in [6.07, 6.45) is 1.86. The van der Waals surface area contributed by atoms with Gasteiger partial charge < -0.3 is 15.2 Å². The van der Waals surface area contributed by atoms with Crippen LogP contribution in [0, 0.1) is 0 Å². The van der Waals surface area contributed by atoms with E-state index in [-0.39, 0.29) is 0 Å². The van der Waals surface area contributed by atoms with Crippen molar-refractivity contribution in [2.24, 2.45) is 5.73 Å². The topological polar surface area (TPSA) is 44.5 Å². The van der Waals surface area contributed by atoms with E-state index >= 15 is 0 Å². The van der Waals surface area contributed by atoms with Crippen LogP contribution in [0.5, 0.6) is 11.5 Å². The Labute approximate surface area is 91.2 Å². The van der Waals surface area contributed by atoms with Gasteiger partial charge in [-0.15, -0.1) is 0 Å². The van der Waals surface area contributed by atoms with Gasteiger partial charge in [-0.1, -0.05) is 6.92 Å². The normalized spacial score (nSPS) is 10.1. The minimum atomic E-state index is 0.655. The molecule has 1 aromatic carbocycles. The van der Waals surface area contributed by atoms with Gasteiger partial charge in [0.2, 0.25) is 0 Å². The van der Waals surface area contributed by atoms with Crippen molar-refractivity contribution in [3.63, 3.8) is 0 Å². The molecule has 0 bridgehead atoms. The molecule has 0 aliphatic rings. The third-order valence-electron chi connectivity index (χ3n) is 2.50. The second-order valence-electron chi connectivity index (χ2n) is 3.37. The molecule has 0 unspecified atom stereocenters. The van der Waals surface area contributed by atoms with E-state index < -0.39 is 0 Å². The largest absolute Gasteiger partial charge is 0.493 e. The molecule has 3 nitrogen and oxygen atoms in total. The van der Waals surface area contributed by atoms with Gasteiger partial charge in [0.1, 0.15) is 0 Å². The summed E-state index contributed by atoms with van der Waals surface area (Å²) in [6.45, 7) is 2.78. The van der Waals surface area contributed by atoms with Crippen molar-refractivity contribution < 1.29 is 9.47 Å². The maximum Gasteiger partial charge on any atom is 0.161 e. The van der Waals surface area contributed by atoms with Gasteiger partial charge in [-0.2, -0.15) is 0 Å². The van der Waals surface area contributed by atoms with E-state index in [2.05, 4.69) is 6.92 Å². The van der Waals surface area contributed by atoms with Gasteiger partial charge in [-0.25, -0.2) is 0 Å². The molecule has 0 aromatic heterocycles. The zero-order valence-electron chi connectivity index (χ0n) is 9.67. The number of nitrogens with two attached hydrogens (primary N) is 1. The molecule has 84 valence electrons. The molecule has 0 amide bonds. The highest BCUT2D eigenvalue weighted by atomic mass is 16.5. The zero-order chi connectivity index (χ0) is 11.3. The summed E-state index contributed by atoms with van der Waals surface area (Å²) in [6, 6.07) is 4.05. The van der Waals surface area contributed by atoms with E-state index in [9.17, 15) is 0 Å². The molecule has 1 aromatic rings. The molecule has 15 heavy (non-hydrogen) atoms. The average Bonchev–Trinajstić information content (AvgIpc) is 2.28. The molecule has 0 fully saturated rings. The summed E-state index contributed by atoms with van der Waals surface area (Å²) in [5.74, 6) is 1.56. The van der Waals surface area contributed by atoms with Gasteiger partial charge in [-0.3, -0.25) is 0 Å². The van der Waals surface area contributed by atoms with E-state index in [0.29, 0.717) is 6.54 Å². The summed E-state index contributed by atoms with van der Waals surface area (Å²) in [7, 11) is 3.30. The van der Waals surface area contributed by atoms with E-state index in [4.69, 9.17) is 15.2 Å². The second-order valence-corrected chi connectivity index (χ2v) is 3.37. The Balaban J connectivity index is 3.15. The standard InChI is InChI=1S/C12H19NO2/c1-4-9-7-11(14-2)12(15-3)8-10(9)5-6-13/h7-8H,4-6,13H2,1-3H3. The van der Waals surface area contributed by atoms with Crippen LogP contribution in [0.2, 0.25) is 0 Å². The molecule has 0 spiro atoms. The lowest BCUT2D eigenvalue weighted by molar-refractivity contribution is 0.354. The molecular weight excluding hydrogens is 190 g/mol. The smallest absolute Gasteiger partial charge is 0.161 e. The van der Waals surface area contributed by atoms with Crippen LogP contribution >= 0.6 is 0 Å². The lowest BCUT2D eigenvalue weighted by Crippen LogP contribution is -2.06. The zero-order valence-corrected chi connectivity index (χ0v) is 9.67. The minimum absolute atomic E-state index is 0.655. The molecule has 0 aliphatic carbocycles. The Hall–Kier alpha value is -1.22. The fraction of sp³-hybridized carbons (Fsp3) is 0.500. The molecule has 0 atom stereocenters. The van der Waals surface area contributed by atoms with E-state index in [1.54, 1.807) is 14.2 Å². The quantitative estimate of drug-likeness (QED) is 0.803. The Kier molecular flexibility index (Phi) is 4.43. The minimum Gasteiger partial charge on any atom is -0.493 e. The highest BCUT2D eigenvalue weighted by Crippen LogP contribution is 2.30. The van der Waals surface area contributed by atoms with Crippen LogP contribution in [0.15, 0.2) is 12.1 Å². The molecule has 3 heteroatoms. The lowest BCUT2D eigenvalue weighted by Gasteiger charge is -2.13. The van der Waals surface area contributed by atoms with E-state index in [0.717, 1.165) is 24.3 Å². The molecule has 1 rings (SSSR count). The fourth-order valence-electron chi connectivity index (χ4n) is 1.68. The number of hydrogen-bond donors (Lipinski definition) is 1. The molecule has 2 N–H and O–H groups in total. The number of rotatable bonds is 5. The molecule has 0 saturated heterocycles. The van der Waals surface area contributed by atoms with Crippen molar-refractivity contribution in [2.75, 3.05) is 20.8 Å². The van der Waals surface area contributed by atoms with Gasteiger partial charge in [0.25, 0.3) is 0 Å². The molecule has 0 heterocycles. The Bertz CT molecular complexity index is 324. The van der Waals surface area contributed by atoms with Crippen LogP contribution in [-0.2, 0) is 12.8 Å². The first-order chi connectivity index (χ1) is 7.26. The molecule has 0 saturated carbocycles. The Morgan fingerprint density at radius 3 is 2.00 bits per heavy atom. The van der Waals surface area contributed by atoms with Crippen LogP contribution in [0.3, 0.4) is 0 Å². The summed E-state index contributed by atoms with van der Waals surface area (Å²) < 4.78 is 10.5.